The Morgan fingerprint density at radius 3 is 2.79 bits per heavy atom. The molecule has 178 valence electrons. The fraction of sp³-hybridized carbons (Fsp3) is 0.417. The Labute approximate surface area is 207 Å². The molecule has 4 rings (SSSR count). The van der Waals surface area contributed by atoms with Gasteiger partial charge in [0, 0.05) is 10.6 Å². The van der Waals surface area contributed by atoms with Gasteiger partial charge < -0.3 is 5.32 Å². The Morgan fingerprint density at radius 1 is 1.38 bits per heavy atom. The van der Waals surface area contributed by atoms with Crippen LogP contribution in [0.5, 0.6) is 0 Å². The molecule has 2 aromatic heterocycles. The molecule has 10 heteroatoms. The van der Waals surface area contributed by atoms with E-state index in [-0.39, 0.29) is 23.5 Å². The standard InChI is InChI=1S/C24H27FN6OS2/c1-14-5-10-18-19(12-26)23(34-20(18)11-14)27-21(32)13-33-24-29-28-22(15(2)30(3)4)31(24)17-8-6-16(25)7-9-17/h6-9,14-15H,5,10-11,13H2,1-4H3,(H,27,32). The lowest BCUT2D eigenvalue weighted by Gasteiger charge is -2.20. The molecule has 1 N–H and O–H groups in total. The van der Waals surface area contributed by atoms with Gasteiger partial charge in [0.05, 0.1) is 17.4 Å². The number of carbonyl (C=O) groups excluding carboxylic acids is 1. The maximum Gasteiger partial charge on any atom is 0.235 e. The number of fused-ring (bicyclic) bond motifs is 1. The fourth-order valence-electron chi connectivity index (χ4n) is 3.96. The number of rotatable bonds is 7. The first kappa shape index (κ1) is 24.4. The van der Waals surface area contributed by atoms with Crippen molar-refractivity contribution in [3.05, 3.63) is 51.9 Å². The average Bonchev–Trinajstić information content (AvgIpc) is 3.37. The normalized spacial score (nSPS) is 16.2. The van der Waals surface area contributed by atoms with Gasteiger partial charge in [-0.1, -0.05) is 18.7 Å². The highest BCUT2D eigenvalue weighted by molar-refractivity contribution is 7.99. The van der Waals surface area contributed by atoms with Crippen molar-refractivity contribution in [2.75, 3.05) is 25.2 Å². The van der Waals surface area contributed by atoms with E-state index < -0.39 is 0 Å². The smallest absolute Gasteiger partial charge is 0.235 e. The van der Waals surface area contributed by atoms with Crippen LogP contribution in [0.25, 0.3) is 5.69 Å². The number of thiophene rings is 1. The van der Waals surface area contributed by atoms with Gasteiger partial charge in [-0.05, 0) is 76.0 Å². The van der Waals surface area contributed by atoms with E-state index in [1.807, 2.05) is 30.5 Å². The van der Waals surface area contributed by atoms with Crippen LogP contribution in [0, 0.1) is 23.1 Å². The van der Waals surface area contributed by atoms with Crippen LogP contribution in [-0.4, -0.2) is 45.4 Å². The molecule has 3 aromatic rings. The number of nitrogens with zero attached hydrogens (tertiary/aromatic N) is 5. The number of thioether (sulfide) groups is 1. The number of anilines is 1. The van der Waals surface area contributed by atoms with Gasteiger partial charge in [-0.15, -0.1) is 21.5 Å². The first-order valence-corrected chi connectivity index (χ1v) is 12.9. The average molecular weight is 499 g/mol. The molecule has 1 amide bonds. The van der Waals surface area contributed by atoms with Crippen molar-refractivity contribution < 1.29 is 9.18 Å². The number of carbonyl (C=O) groups is 1. The van der Waals surface area contributed by atoms with Crippen molar-refractivity contribution >= 4 is 34.0 Å². The van der Waals surface area contributed by atoms with Crippen LogP contribution in [0.1, 0.15) is 48.1 Å². The van der Waals surface area contributed by atoms with Crippen molar-refractivity contribution in [2.45, 2.75) is 44.3 Å². The zero-order valence-electron chi connectivity index (χ0n) is 19.6. The highest BCUT2D eigenvalue weighted by Gasteiger charge is 2.25. The first-order chi connectivity index (χ1) is 16.3. The molecule has 0 fully saturated rings. The van der Waals surface area contributed by atoms with Gasteiger partial charge in [0.1, 0.15) is 16.9 Å². The third-order valence-corrected chi connectivity index (χ3v) is 8.20. The summed E-state index contributed by atoms with van der Waals surface area (Å²) >= 11 is 2.77. The summed E-state index contributed by atoms with van der Waals surface area (Å²) in [6.45, 7) is 4.22. The molecule has 0 spiro atoms. The molecule has 2 heterocycles. The molecule has 0 bridgehead atoms. The van der Waals surface area contributed by atoms with E-state index in [2.05, 4.69) is 28.5 Å². The second-order valence-corrected chi connectivity index (χ2v) is 10.8. The van der Waals surface area contributed by atoms with Crippen LogP contribution in [0.3, 0.4) is 0 Å². The predicted octanol–water partition coefficient (Wildman–Crippen LogP) is 4.82. The van der Waals surface area contributed by atoms with Gasteiger partial charge in [-0.3, -0.25) is 14.3 Å². The minimum absolute atomic E-state index is 0.0428. The summed E-state index contributed by atoms with van der Waals surface area (Å²) in [7, 11) is 3.89. The second-order valence-electron chi connectivity index (χ2n) is 8.80. The highest BCUT2D eigenvalue weighted by atomic mass is 32.2. The van der Waals surface area contributed by atoms with Gasteiger partial charge in [-0.25, -0.2) is 4.39 Å². The number of amides is 1. The molecule has 0 radical (unpaired) electrons. The number of nitriles is 1. The van der Waals surface area contributed by atoms with Crippen LogP contribution < -0.4 is 5.32 Å². The summed E-state index contributed by atoms with van der Waals surface area (Å²) in [4.78, 5) is 16.0. The van der Waals surface area contributed by atoms with Gasteiger partial charge in [-0.2, -0.15) is 5.26 Å². The summed E-state index contributed by atoms with van der Waals surface area (Å²) in [5, 5.41) is 22.5. The number of nitrogens with one attached hydrogen (secondary N) is 1. The van der Waals surface area contributed by atoms with Crippen molar-refractivity contribution in [3.8, 4) is 11.8 Å². The van der Waals surface area contributed by atoms with Crippen LogP contribution in [0.4, 0.5) is 9.39 Å². The van der Waals surface area contributed by atoms with Crippen LogP contribution >= 0.6 is 23.1 Å². The van der Waals surface area contributed by atoms with E-state index in [1.165, 1.54) is 40.1 Å². The SMILES string of the molecule is CC1CCc2c(sc(NC(=O)CSc3nnc(C(C)N(C)C)n3-c3ccc(F)cc3)c2C#N)C1. The predicted molar refractivity (Wildman–Crippen MR) is 133 cm³/mol. The summed E-state index contributed by atoms with van der Waals surface area (Å²) in [6.07, 6.45) is 2.90. The first-order valence-electron chi connectivity index (χ1n) is 11.1. The molecule has 1 aliphatic carbocycles. The molecule has 1 aromatic carbocycles. The largest absolute Gasteiger partial charge is 0.316 e. The van der Waals surface area contributed by atoms with Crippen molar-refractivity contribution in [1.29, 1.82) is 5.26 Å². The second kappa shape index (κ2) is 10.3. The van der Waals surface area contributed by atoms with Gasteiger partial charge in [0.15, 0.2) is 11.0 Å². The zero-order valence-corrected chi connectivity index (χ0v) is 21.3. The molecule has 1 aliphatic rings. The highest BCUT2D eigenvalue weighted by Crippen LogP contribution is 2.39. The van der Waals surface area contributed by atoms with Crippen molar-refractivity contribution in [2.24, 2.45) is 5.92 Å². The van der Waals surface area contributed by atoms with E-state index in [1.54, 1.807) is 12.1 Å². The van der Waals surface area contributed by atoms with Crippen LogP contribution in [0.2, 0.25) is 0 Å². The molecule has 0 saturated heterocycles. The number of hydrogen-bond donors (Lipinski definition) is 1. The Bertz CT molecular complexity index is 1230. The number of halogens is 1. The van der Waals surface area contributed by atoms with E-state index in [0.29, 0.717) is 27.5 Å². The van der Waals surface area contributed by atoms with Gasteiger partial charge in [0.2, 0.25) is 5.91 Å². The Morgan fingerprint density at radius 2 is 2.12 bits per heavy atom. The lowest BCUT2D eigenvalue weighted by atomic mass is 9.89. The Balaban J connectivity index is 1.53. The maximum atomic E-state index is 13.5. The van der Waals surface area contributed by atoms with Crippen LogP contribution in [-0.2, 0) is 17.6 Å². The van der Waals surface area contributed by atoms with Gasteiger partial charge >= 0.3 is 0 Å². The van der Waals surface area contributed by atoms with E-state index in [4.69, 9.17) is 0 Å². The molecule has 0 aliphatic heterocycles. The quantitative estimate of drug-likeness (QED) is 0.470. The van der Waals surface area contributed by atoms with E-state index in [0.717, 1.165) is 30.5 Å². The number of hydrogen-bond acceptors (Lipinski definition) is 7. The van der Waals surface area contributed by atoms with Gasteiger partial charge in [0.25, 0.3) is 0 Å². The number of benzene rings is 1. The van der Waals surface area contributed by atoms with Crippen molar-refractivity contribution in [3.63, 3.8) is 0 Å². The number of aromatic nitrogens is 3. The van der Waals surface area contributed by atoms with E-state index in [9.17, 15) is 14.4 Å². The molecule has 2 unspecified atom stereocenters. The Hall–Kier alpha value is -2.74. The third kappa shape index (κ3) is 5.02. The van der Waals surface area contributed by atoms with Crippen molar-refractivity contribution in [1.82, 2.24) is 19.7 Å². The summed E-state index contributed by atoms with van der Waals surface area (Å²) in [5.74, 6) is 0.872. The summed E-state index contributed by atoms with van der Waals surface area (Å²) < 4.78 is 15.4. The zero-order chi connectivity index (χ0) is 24.4. The maximum absolute atomic E-state index is 13.5. The molecular formula is C24H27FN6OS2. The minimum Gasteiger partial charge on any atom is -0.316 e. The monoisotopic (exact) mass is 498 g/mol. The molecular weight excluding hydrogens is 471 g/mol. The lowest BCUT2D eigenvalue weighted by Crippen LogP contribution is -2.21. The lowest BCUT2D eigenvalue weighted by molar-refractivity contribution is -0.113. The molecule has 7 nitrogen and oxygen atoms in total. The molecule has 34 heavy (non-hydrogen) atoms. The fourth-order valence-corrected chi connectivity index (χ4v) is 6.10. The summed E-state index contributed by atoms with van der Waals surface area (Å²) in [5.41, 5.74) is 2.42. The molecule has 2 atom stereocenters. The Kier molecular flexibility index (Phi) is 7.36. The summed E-state index contributed by atoms with van der Waals surface area (Å²) in [6, 6.07) is 8.37. The molecule has 0 saturated carbocycles. The minimum atomic E-state index is -0.325. The topological polar surface area (TPSA) is 86.8 Å². The third-order valence-electron chi connectivity index (χ3n) is 6.10. The van der Waals surface area contributed by atoms with Crippen LogP contribution in [0.15, 0.2) is 29.4 Å². The van der Waals surface area contributed by atoms with E-state index >= 15 is 0 Å².